The van der Waals surface area contributed by atoms with Crippen LogP contribution in [-0.4, -0.2) is 7.11 Å². The standard InChI is InChI=1S/C9H10O/c1-8-4-3-5-9(6-8)7-10-2/h1,3-6H,7H2,2H3. The van der Waals surface area contributed by atoms with Crippen LogP contribution in [0, 0.1) is 6.92 Å². The second-order valence-electron chi connectivity index (χ2n) is 2.18. The van der Waals surface area contributed by atoms with Crippen molar-refractivity contribution in [3.63, 3.8) is 0 Å². The van der Waals surface area contributed by atoms with Gasteiger partial charge in [0.1, 0.15) is 0 Å². The first-order valence-electron chi connectivity index (χ1n) is 3.16. The molecule has 52 valence electrons. The number of ether oxygens (including phenoxy) is 1. The van der Waals surface area contributed by atoms with Gasteiger partial charge in [-0.15, -0.1) is 0 Å². The molecular formula is C9H10O. The van der Waals surface area contributed by atoms with Crippen molar-refractivity contribution in [2.45, 2.75) is 6.61 Å². The minimum absolute atomic E-state index is 0.630. The van der Waals surface area contributed by atoms with Crippen LogP contribution < -0.4 is 0 Å². The fourth-order valence-corrected chi connectivity index (χ4v) is 0.850. The Morgan fingerprint density at radius 2 is 2.30 bits per heavy atom. The molecule has 0 bridgehead atoms. The summed E-state index contributed by atoms with van der Waals surface area (Å²) in [6.45, 7) is 6.16. The summed E-state index contributed by atoms with van der Waals surface area (Å²) in [5.41, 5.74) is 1.90. The van der Waals surface area contributed by atoms with Crippen molar-refractivity contribution in [1.29, 1.82) is 0 Å². The monoisotopic (exact) mass is 134 g/mol. The first-order valence-corrected chi connectivity index (χ1v) is 3.16. The lowest BCUT2D eigenvalue weighted by Gasteiger charge is -1.98. The maximum Gasteiger partial charge on any atom is 0.0713 e. The molecular weight excluding hydrogens is 124 g/mol. The third-order valence-corrected chi connectivity index (χ3v) is 1.26. The van der Waals surface area contributed by atoms with Gasteiger partial charge in [-0.3, -0.25) is 0 Å². The second-order valence-corrected chi connectivity index (χ2v) is 2.18. The summed E-state index contributed by atoms with van der Waals surface area (Å²) < 4.78 is 4.93. The zero-order valence-electron chi connectivity index (χ0n) is 6.00. The third-order valence-electron chi connectivity index (χ3n) is 1.26. The van der Waals surface area contributed by atoms with Gasteiger partial charge >= 0.3 is 0 Å². The summed E-state index contributed by atoms with van der Waals surface area (Å²) >= 11 is 0. The van der Waals surface area contributed by atoms with Crippen LogP contribution in [0.15, 0.2) is 24.3 Å². The molecule has 0 saturated heterocycles. The average Bonchev–Trinajstić information content (AvgIpc) is 1.88. The quantitative estimate of drug-likeness (QED) is 0.600. The van der Waals surface area contributed by atoms with E-state index >= 15 is 0 Å². The highest BCUT2D eigenvalue weighted by Crippen LogP contribution is 2.03. The normalized spacial score (nSPS) is 9.80. The van der Waals surface area contributed by atoms with Crippen molar-refractivity contribution in [3.05, 3.63) is 42.3 Å². The van der Waals surface area contributed by atoms with Gasteiger partial charge in [-0.05, 0) is 18.1 Å². The van der Waals surface area contributed by atoms with Gasteiger partial charge in [0.2, 0.25) is 0 Å². The third kappa shape index (κ3) is 1.85. The Labute approximate surface area is 61.6 Å². The average molecular weight is 134 g/mol. The molecule has 0 aromatic heterocycles. The summed E-state index contributed by atoms with van der Waals surface area (Å²) in [5.74, 6) is 0. The molecule has 0 unspecified atom stereocenters. The molecule has 1 aromatic rings. The molecule has 0 aliphatic carbocycles. The van der Waals surface area contributed by atoms with Crippen molar-refractivity contribution < 1.29 is 4.74 Å². The Hall–Kier alpha value is -0.820. The summed E-state index contributed by atoms with van der Waals surface area (Å²) in [6.07, 6.45) is 0. The highest BCUT2D eigenvalue weighted by Gasteiger charge is 1.89. The van der Waals surface area contributed by atoms with Crippen molar-refractivity contribution in [2.24, 2.45) is 0 Å². The maximum atomic E-state index is 5.53. The summed E-state index contributed by atoms with van der Waals surface area (Å²) in [7, 11) is 1.67. The predicted molar refractivity (Wildman–Crippen MR) is 40.6 cm³/mol. The van der Waals surface area contributed by atoms with E-state index in [1.54, 1.807) is 7.11 Å². The second kappa shape index (κ2) is 3.37. The largest absolute Gasteiger partial charge is 0.380 e. The van der Waals surface area contributed by atoms with E-state index in [-0.39, 0.29) is 0 Å². The van der Waals surface area contributed by atoms with Crippen LogP contribution in [0.3, 0.4) is 0 Å². The van der Waals surface area contributed by atoms with Crippen LogP contribution in [0.1, 0.15) is 11.1 Å². The van der Waals surface area contributed by atoms with Gasteiger partial charge in [0.15, 0.2) is 0 Å². The van der Waals surface area contributed by atoms with Gasteiger partial charge in [-0.1, -0.05) is 24.3 Å². The Balaban J connectivity index is 2.75. The lowest BCUT2D eigenvalue weighted by Crippen LogP contribution is -1.86. The highest BCUT2D eigenvalue weighted by atomic mass is 16.5. The summed E-state index contributed by atoms with van der Waals surface area (Å²) in [6, 6.07) is 7.67. The van der Waals surface area contributed by atoms with E-state index in [1.807, 2.05) is 24.3 Å². The minimum atomic E-state index is 0.630. The molecule has 0 spiro atoms. The molecule has 0 amide bonds. The van der Waals surface area contributed by atoms with Gasteiger partial charge in [0.25, 0.3) is 0 Å². The zero-order valence-corrected chi connectivity index (χ0v) is 6.00. The first-order chi connectivity index (χ1) is 4.83. The van der Waals surface area contributed by atoms with Gasteiger partial charge in [0, 0.05) is 7.11 Å². The van der Waals surface area contributed by atoms with Crippen LogP contribution in [-0.2, 0) is 11.3 Å². The molecule has 0 atom stereocenters. The number of hydrogen-bond acceptors (Lipinski definition) is 1. The van der Waals surface area contributed by atoms with E-state index in [9.17, 15) is 0 Å². The van der Waals surface area contributed by atoms with Crippen LogP contribution in [0.5, 0.6) is 0 Å². The fourth-order valence-electron chi connectivity index (χ4n) is 0.850. The Morgan fingerprint density at radius 3 is 2.90 bits per heavy atom. The number of benzene rings is 1. The van der Waals surface area contributed by atoms with Gasteiger partial charge < -0.3 is 4.74 Å². The number of methoxy groups -OCH3 is 1. The molecule has 0 saturated carbocycles. The van der Waals surface area contributed by atoms with Gasteiger partial charge in [-0.2, -0.15) is 0 Å². The molecule has 1 nitrogen and oxygen atoms in total. The Bertz CT molecular complexity index is 206. The lowest BCUT2D eigenvalue weighted by atomic mass is 10.1. The zero-order chi connectivity index (χ0) is 7.40. The van der Waals surface area contributed by atoms with Crippen molar-refractivity contribution >= 4 is 0 Å². The van der Waals surface area contributed by atoms with E-state index in [2.05, 4.69) is 0 Å². The first kappa shape index (κ1) is 7.29. The number of hydrogen-bond donors (Lipinski definition) is 0. The molecule has 0 fully saturated rings. The predicted octanol–water partition coefficient (Wildman–Crippen LogP) is 1.89. The van der Waals surface area contributed by atoms with Gasteiger partial charge in [-0.25, -0.2) is 0 Å². The molecule has 1 heteroatoms. The maximum absolute atomic E-state index is 5.53. The SMILES string of the molecule is [CH]c1cccc(COC)c1. The Morgan fingerprint density at radius 1 is 1.50 bits per heavy atom. The van der Waals surface area contributed by atoms with Crippen LogP contribution >= 0.6 is 0 Å². The molecule has 1 aromatic carbocycles. The van der Waals surface area contributed by atoms with Crippen molar-refractivity contribution in [3.8, 4) is 0 Å². The molecule has 2 radical (unpaired) electrons. The van der Waals surface area contributed by atoms with Crippen molar-refractivity contribution in [1.82, 2.24) is 0 Å². The Kier molecular flexibility index (Phi) is 2.46. The van der Waals surface area contributed by atoms with E-state index in [4.69, 9.17) is 11.7 Å². The van der Waals surface area contributed by atoms with Crippen LogP contribution in [0.25, 0.3) is 0 Å². The van der Waals surface area contributed by atoms with Crippen LogP contribution in [0.4, 0.5) is 0 Å². The van der Waals surface area contributed by atoms with Crippen LogP contribution in [0.2, 0.25) is 0 Å². The molecule has 0 aliphatic rings. The lowest BCUT2D eigenvalue weighted by molar-refractivity contribution is 0.185. The topological polar surface area (TPSA) is 9.23 Å². The molecule has 0 aliphatic heterocycles. The highest BCUT2D eigenvalue weighted by molar-refractivity contribution is 5.24. The molecule has 0 heterocycles. The smallest absolute Gasteiger partial charge is 0.0713 e. The molecule has 10 heavy (non-hydrogen) atoms. The molecule has 0 N–H and O–H groups in total. The summed E-state index contributed by atoms with van der Waals surface area (Å²) in [5, 5.41) is 0. The van der Waals surface area contributed by atoms with E-state index in [0.717, 1.165) is 11.1 Å². The molecule has 1 rings (SSSR count). The van der Waals surface area contributed by atoms with Gasteiger partial charge in [0.05, 0.1) is 6.61 Å². The van der Waals surface area contributed by atoms with E-state index in [1.165, 1.54) is 0 Å². The van der Waals surface area contributed by atoms with E-state index in [0.29, 0.717) is 6.61 Å². The summed E-state index contributed by atoms with van der Waals surface area (Å²) in [4.78, 5) is 0. The van der Waals surface area contributed by atoms with Crippen molar-refractivity contribution in [2.75, 3.05) is 7.11 Å². The van der Waals surface area contributed by atoms with E-state index < -0.39 is 0 Å². The number of rotatable bonds is 2. The fraction of sp³-hybridized carbons (Fsp3) is 0.222. The minimum Gasteiger partial charge on any atom is -0.380 e.